The number of aryl methyl sites for hydroxylation is 1. The van der Waals surface area contributed by atoms with Crippen molar-refractivity contribution in [2.45, 2.75) is 122 Å². The number of thiazole rings is 1. The summed E-state index contributed by atoms with van der Waals surface area (Å²) in [5.41, 5.74) is 4.49. The summed E-state index contributed by atoms with van der Waals surface area (Å²) in [6.07, 6.45) is 8.10. The number of ether oxygens (including phenoxy) is 4. The van der Waals surface area contributed by atoms with Gasteiger partial charge in [-0.25, -0.2) is 28.9 Å². The highest BCUT2D eigenvalue weighted by molar-refractivity contribution is 7.11. The molecule has 3 unspecified atom stereocenters. The number of fused-ring (bicyclic) bond motifs is 5. The molecule has 6 aromatic rings. The zero-order chi connectivity index (χ0) is 50.5. The standard InChI is InChI=1S/C52H61FN10O8S/c1-8-42-54-25-41(72-42)50-63-36-14-13-29(34-23-55-46(57-34)38-12-10-16-62(38)49(65)45(60-52(67)69-7)32-17-27(4)70-28(5)18-32)19-31(36)21-39(63)43-33(53)20-30(22-40(43)71-50)35-24-56-47(58-35)37-11-9-15-61(37)48(64)44(26(2)3)59-51(66)68-6/h13-14,19-28,32,37-38,44-45,50H,8-12,15-18H2,1-7H3,(H,55,57)(H,56,58)(H,59,66)(H,60,67)/t27-,28+,32?,37-,38-,44-,45?,50?/m0/s1. The largest absolute Gasteiger partial charge is 0.464 e. The molecule has 4 aromatic heterocycles. The summed E-state index contributed by atoms with van der Waals surface area (Å²) in [6, 6.07) is 9.10. The molecule has 0 spiro atoms. The van der Waals surface area contributed by atoms with Gasteiger partial charge in [0.15, 0.2) is 0 Å². The maximum absolute atomic E-state index is 16.9. The average molecular weight is 1010 g/mol. The van der Waals surface area contributed by atoms with Gasteiger partial charge in [-0.1, -0.05) is 26.8 Å². The second kappa shape index (κ2) is 20.0. The molecule has 3 saturated heterocycles. The topological polar surface area (TPSA) is 211 Å². The Kier molecular flexibility index (Phi) is 13.6. The van der Waals surface area contributed by atoms with E-state index in [1.807, 2.05) is 73.7 Å². The highest BCUT2D eigenvalue weighted by atomic mass is 32.1. The van der Waals surface area contributed by atoms with E-state index in [0.29, 0.717) is 78.7 Å². The molecule has 4 aliphatic heterocycles. The van der Waals surface area contributed by atoms with Gasteiger partial charge in [-0.15, -0.1) is 11.3 Å². The number of methoxy groups -OCH3 is 2. The molecule has 0 saturated carbocycles. The molecule has 72 heavy (non-hydrogen) atoms. The summed E-state index contributed by atoms with van der Waals surface area (Å²) in [6.45, 7) is 10.8. The minimum atomic E-state index is -0.777. The molecule has 18 nitrogen and oxygen atoms in total. The first-order valence-electron chi connectivity index (χ1n) is 24.9. The second-order valence-electron chi connectivity index (χ2n) is 19.7. The van der Waals surface area contributed by atoms with E-state index < -0.39 is 36.3 Å². The number of amides is 4. The van der Waals surface area contributed by atoms with Gasteiger partial charge in [-0.05, 0) is 101 Å². The van der Waals surface area contributed by atoms with Crippen LogP contribution in [0, 0.1) is 17.7 Å². The number of hydrogen-bond acceptors (Lipinski definition) is 12. The summed E-state index contributed by atoms with van der Waals surface area (Å²) in [5, 5.41) is 7.35. The van der Waals surface area contributed by atoms with Crippen molar-refractivity contribution >= 4 is 46.2 Å². The smallest absolute Gasteiger partial charge is 0.407 e. The second-order valence-corrected chi connectivity index (χ2v) is 20.8. The molecule has 0 aliphatic carbocycles. The maximum Gasteiger partial charge on any atom is 0.407 e. The van der Waals surface area contributed by atoms with Crippen molar-refractivity contribution in [3.63, 3.8) is 0 Å². The quantitative estimate of drug-likeness (QED) is 0.0910. The van der Waals surface area contributed by atoms with Crippen molar-refractivity contribution < 1.29 is 42.5 Å². The van der Waals surface area contributed by atoms with Crippen LogP contribution in [0.5, 0.6) is 5.75 Å². The first kappa shape index (κ1) is 48.8. The van der Waals surface area contributed by atoms with Crippen LogP contribution >= 0.6 is 11.3 Å². The lowest BCUT2D eigenvalue weighted by molar-refractivity contribution is -0.138. The number of aromatic nitrogens is 6. The number of carbonyl (C=O) groups excluding carboxylic acids is 4. The molecular weight excluding hydrogens is 944 g/mol. The minimum absolute atomic E-state index is 0.0532. The molecule has 20 heteroatoms. The van der Waals surface area contributed by atoms with Crippen LogP contribution in [0.2, 0.25) is 0 Å². The van der Waals surface area contributed by atoms with E-state index in [0.717, 1.165) is 51.3 Å². The molecule has 2 aromatic carbocycles. The molecule has 10 rings (SSSR count). The number of aromatic amines is 2. The van der Waals surface area contributed by atoms with Crippen molar-refractivity contribution in [1.29, 1.82) is 0 Å². The number of carbonyl (C=O) groups is 4. The predicted molar refractivity (Wildman–Crippen MR) is 266 cm³/mol. The third kappa shape index (κ3) is 9.18. The molecular formula is C52H61FN10O8S. The Bertz CT molecular complexity index is 3010. The minimum Gasteiger partial charge on any atom is -0.464 e. The SMILES string of the molecule is CCc1ncc(C2Oc3cc(-c4cnc([C@@H]5CCCN5C(=O)[C@@H](NC(=O)OC)C(C)C)[nH]4)cc(F)c3-c3cc4cc(-c5cnc([C@@H]6CCCN6C(=O)C(NC(=O)OC)C6C[C@@H](C)O[C@@H](C)C6)[nH]5)ccc4n32)s1. The van der Waals surface area contributed by atoms with Crippen molar-refractivity contribution in [2.75, 3.05) is 27.3 Å². The lowest BCUT2D eigenvalue weighted by Crippen LogP contribution is -2.54. The number of hydrogen-bond donors (Lipinski definition) is 4. The molecule has 4 N–H and O–H groups in total. The molecule has 0 bridgehead atoms. The van der Waals surface area contributed by atoms with E-state index in [1.54, 1.807) is 28.6 Å². The summed E-state index contributed by atoms with van der Waals surface area (Å²) in [7, 11) is 2.56. The first-order chi connectivity index (χ1) is 34.7. The van der Waals surface area contributed by atoms with Crippen LogP contribution in [-0.2, 0) is 30.2 Å². The van der Waals surface area contributed by atoms with Crippen LogP contribution in [-0.4, -0.2) is 115 Å². The lowest BCUT2D eigenvalue weighted by Gasteiger charge is -2.38. The number of rotatable bonds is 12. The Morgan fingerprint density at radius 3 is 2.10 bits per heavy atom. The van der Waals surface area contributed by atoms with Gasteiger partial charge in [-0.2, -0.15) is 0 Å². The predicted octanol–water partition coefficient (Wildman–Crippen LogP) is 8.82. The van der Waals surface area contributed by atoms with Gasteiger partial charge in [0.05, 0.1) is 89.0 Å². The van der Waals surface area contributed by atoms with Crippen LogP contribution in [0.25, 0.3) is 44.7 Å². The van der Waals surface area contributed by atoms with Gasteiger partial charge in [0.2, 0.25) is 18.0 Å². The van der Waals surface area contributed by atoms with Crippen LogP contribution in [0.4, 0.5) is 14.0 Å². The number of H-pyrrole nitrogens is 2. The molecule has 4 amide bonds. The van der Waals surface area contributed by atoms with Gasteiger partial charge < -0.3 is 49.3 Å². The van der Waals surface area contributed by atoms with Crippen molar-refractivity contribution in [3.8, 4) is 39.5 Å². The Hall–Kier alpha value is -6.80. The van der Waals surface area contributed by atoms with Gasteiger partial charge in [0.25, 0.3) is 0 Å². The first-order valence-corrected chi connectivity index (χ1v) is 25.7. The summed E-state index contributed by atoms with van der Waals surface area (Å²) in [5.74, 6) is 0.408. The van der Waals surface area contributed by atoms with Crippen LogP contribution in [0.15, 0.2) is 55.0 Å². The number of imidazole rings is 2. The number of likely N-dealkylation sites (tertiary alicyclic amines) is 2. The fourth-order valence-electron chi connectivity index (χ4n) is 11.2. The zero-order valence-electron chi connectivity index (χ0n) is 41.5. The third-order valence-corrected chi connectivity index (χ3v) is 15.7. The van der Waals surface area contributed by atoms with Crippen molar-refractivity contribution in [3.05, 3.63) is 82.3 Å². The Morgan fingerprint density at radius 1 is 0.833 bits per heavy atom. The molecule has 0 radical (unpaired) electrons. The molecule has 8 heterocycles. The van der Waals surface area contributed by atoms with Gasteiger partial charge in [-0.3, -0.25) is 14.2 Å². The van der Waals surface area contributed by atoms with E-state index in [2.05, 4.69) is 32.5 Å². The van der Waals surface area contributed by atoms with E-state index in [-0.39, 0.29) is 47.9 Å². The lowest BCUT2D eigenvalue weighted by atomic mass is 9.85. The number of alkyl carbamates (subject to hydrolysis) is 2. The normalized spacial score (nSPS) is 22.6. The highest BCUT2D eigenvalue weighted by Crippen LogP contribution is 2.48. The van der Waals surface area contributed by atoms with E-state index in [1.165, 1.54) is 20.3 Å². The summed E-state index contributed by atoms with van der Waals surface area (Å²) < 4.78 is 41.5. The van der Waals surface area contributed by atoms with Crippen molar-refractivity contribution in [2.24, 2.45) is 11.8 Å². The van der Waals surface area contributed by atoms with Crippen LogP contribution in [0.1, 0.15) is 113 Å². The fourth-order valence-corrected chi connectivity index (χ4v) is 12.1. The third-order valence-electron chi connectivity index (χ3n) is 14.6. The van der Waals surface area contributed by atoms with Crippen LogP contribution in [0.3, 0.4) is 0 Å². The average Bonchev–Trinajstić information content (AvgIpc) is 4.23. The number of nitrogens with one attached hydrogen (secondary N) is 4. The monoisotopic (exact) mass is 1000 g/mol. The van der Waals surface area contributed by atoms with E-state index in [4.69, 9.17) is 28.9 Å². The van der Waals surface area contributed by atoms with Gasteiger partial charge in [0.1, 0.15) is 35.3 Å². The Labute approximate surface area is 420 Å². The molecule has 3 fully saturated rings. The van der Waals surface area contributed by atoms with Gasteiger partial charge in [0, 0.05) is 35.8 Å². The zero-order valence-corrected chi connectivity index (χ0v) is 42.3. The maximum atomic E-state index is 16.9. The summed E-state index contributed by atoms with van der Waals surface area (Å²) in [4.78, 5) is 78.5. The Morgan fingerprint density at radius 2 is 1.47 bits per heavy atom. The molecule has 8 atom stereocenters. The van der Waals surface area contributed by atoms with E-state index in [9.17, 15) is 19.2 Å². The van der Waals surface area contributed by atoms with Crippen molar-refractivity contribution in [1.82, 2.24) is 49.9 Å². The highest BCUT2D eigenvalue weighted by Gasteiger charge is 2.43. The number of benzene rings is 2. The Balaban J connectivity index is 0.945. The molecule has 380 valence electrons. The number of nitrogens with zero attached hydrogens (tertiary/aromatic N) is 6. The van der Waals surface area contributed by atoms with E-state index >= 15 is 4.39 Å². The van der Waals surface area contributed by atoms with Crippen LogP contribution < -0.4 is 15.4 Å². The van der Waals surface area contributed by atoms with Gasteiger partial charge >= 0.3 is 12.2 Å². The molecule has 4 aliphatic rings. The fraction of sp³-hybridized carbons (Fsp3) is 0.481. The summed E-state index contributed by atoms with van der Waals surface area (Å²) >= 11 is 1.55. The number of halogens is 1.